The van der Waals surface area contributed by atoms with Crippen LogP contribution < -0.4 is 10.3 Å². The Hall–Kier alpha value is -2.63. The van der Waals surface area contributed by atoms with Crippen LogP contribution in [0, 0.1) is 13.8 Å². The Bertz CT molecular complexity index is 772. The van der Waals surface area contributed by atoms with E-state index in [1.807, 2.05) is 6.07 Å². The van der Waals surface area contributed by atoms with Crippen molar-refractivity contribution in [3.63, 3.8) is 0 Å². The SMILES string of the molecule is Cc1ccc(OC2CCN(C(=O)c3ccc(=O)[nH]n3)CC2)cc1C. The molecular weight excluding hydrogens is 306 g/mol. The van der Waals surface area contributed by atoms with E-state index in [-0.39, 0.29) is 23.3 Å². The van der Waals surface area contributed by atoms with Gasteiger partial charge in [-0.05, 0) is 43.2 Å². The van der Waals surface area contributed by atoms with E-state index in [2.05, 4.69) is 36.2 Å². The number of aromatic nitrogens is 2. The van der Waals surface area contributed by atoms with Crippen molar-refractivity contribution in [2.75, 3.05) is 13.1 Å². The van der Waals surface area contributed by atoms with E-state index in [4.69, 9.17) is 4.74 Å². The van der Waals surface area contributed by atoms with E-state index in [1.54, 1.807) is 4.90 Å². The van der Waals surface area contributed by atoms with Gasteiger partial charge in [0.1, 0.15) is 17.5 Å². The number of likely N-dealkylation sites (tertiary alicyclic amines) is 1. The fourth-order valence-corrected chi connectivity index (χ4v) is 2.78. The molecular formula is C18H21N3O3. The molecule has 2 aromatic rings. The van der Waals surface area contributed by atoms with E-state index < -0.39 is 0 Å². The van der Waals surface area contributed by atoms with Crippen molar-refractivity contribution >= 4 is 5.91 Å². The quantitative estimate of drug-likeness (QED) is 0.936. The van der Waals surface area contributed by atoms with Crippen LogP contribution in [0.3, 0.4) is 0 Å². The van der Waals surface area contributed by atoms with E-state index >= 15 is 0 Å². The highest BCUT2D eigenvalue weighted by Gasteiger charge is 2.25. The minimum atomic E-state index is -0.313. The summed E-state index contributed by atoms with van der Waals surface area (Å²) in [5.74, 6) is 0.723. The van der Waals surface area contributed by atoms with Crippen molar-refractivity contribution in [2.24, 2.45) is 0 Å². The molecule has 2 heterocycles. The molecule has 0 atom stereocenters. The second kappa shape index (κ2) is 6.86. The number of aryl methyl sites for hydroxylation is 2. The summed E-state index contributed by atoms with van der Waals surface area (Å²) >= 11 is 0. The van der Waals surface area contributed by atoms with Crippen LogP contribution in [0.1, 0.15) is 34.5 Å². The van der Waals surface area contributed by atoms with E-state index in [1.165, 1.54) is 23.3 Å². The minimum Gasteiger partial charge on any atom is -0.490 e. The first-order valence-corrected chi connectivity index (χ1v) is 8.12. The number of hydrogen-bond donors (Lipinski definition) is 1. The van der Waals surface area contributed by atoms with Gasteiger partial charge in [-0.25, -0.2) is 5.10 Å². The van der Waals surface area contributed by atoms with Crippen molar-refractivity contribution in [3.8, 4) is 5.75 Å². The third-order valence-corrected chi connectivity index (χ3v) is 4.41. The van der Waals surface area contributed by atoms with Crippen LogP contribution in [0.15, 0.2) is 35.1 Å². The molecule has 1 aromatic carbocycles. The zero-order chi connectivity index (χ0) is 17.1. The lowest BCUT2D eigenvalue weighted by Crippen LogP contribution is -2.42. The van der Waals surface area contributed by atoms with Crippen LogP contribution in [0.4, 0.5) is 0 Å². The highest BCUT2D eigenvalue weighted by Crippen LogP contribution is 2.22. The highest BCUT2D eigenvalue weighted by molar-refractivity contribution is 5.92. The normalized spacial score (nSPS) is 15.3. The van der Waals surface area contributed by atoms with Gasteiger partial charge in [-0.15, -0.1) is 0 Å². The number of amides is 1. The third-order valence-electron chi connectivity index (χ3n) is 4.41. The summed E-state index contributed by atoms with van der Waals surface area (Å²) in [5.41, 5.74) is 2.41. The van der Waals surface area contributed by atoms with Gasteiger partial charge in [-0.1, -0.05) is 6.07 Å². The predicted molar refractivity (Wildman–Crippen MR) is 90.3 cm³/mol. The van der Waals surface area contributed by atoms with Crippen molar-refractivity contribution in [1.29, 1.82) is 0 Å². The molecule has 6 heteroatoms. The fourth-order valence-electron chi connectivity index (χ4n) is 2.78. The van der Waals surface area contributed by atoms with Crippen molar-refractivity contribution in [1.82, 2.24) is 15.1 Å². The molecule has 0 unspecified atom stereocenters. The minimum absolute atomic E-state index is 0.111. The number of hydrogen-bond acceptors (Lipinski definition) is 4. The van der Waals surface area contributed by atoms with Crippen LogP contribution >= 0.6 is 0 Å². The molecule has 1 amide bonds. The maximum absolute atomic E-state index is 12.4. The Morgan fingerprint density at radius 2 is 1.92 bits per heavy atom. The molecule has 1 aliphatic rings. The Labute approximate surface area is 140 Å². The van der Waals surface area contributed by atoms with Gasteiger partial charge >= 0.3 is 0 Å². The molecule has 0 radical (unpaired) electrons. The van der Waals surface area contributed by atoms with Gasteiger partial charge in [0.05, 0.1) is 0 Å². The van der Waals surface area contributed by atoms with Gasteiger partial charge in [-0.3, -0.25) is 9.59 Å². The third kappa shape index (κ3) is 3.64. The van der Waals surface area contributed by atoms with E-state index in [0.717, 1.165) is 18.6 Å². The van der Waals surface area contributed by atoms with Crippen molar-refractivity contribution < 1.29 is 9.53 Å². The molecule has 1 saturated heterocycles. The molecule has 24 heavy (non-hydrogen) atoms. The van der Waals surface area contributed by atoms with Crippen LogP contribution in [0.25, 0.3) is 0 Å². The fraction of sp³-hybridized carbons (Fsp3) is 0.389. The number of nitrogens with zero attached hydrogens (tertiary/aromatic N) is 2. The number of carbonyl (C=O) groups excluding carboxylic acids is 1. The topological polar surface area (TPSA) is 75.3 Å². The lowest BCUT2D eigenvalue weighted by atomic mass is 10.1. The lowest BCUT2D eigenvalue weighted by molar-refractivity contribution is 0.0589. The monoisotopic (exact) mass is 327 g/mol. The Morgan fingerprint density at radius 3 is 2.54 bits per heavy atom. The van der Waals surface area contributed by atoms with Gasteiger partial charge in [0.25, 0.3) is 11.5 Å². The lowest BCUT2D eigenvalue weighted by Gasteiger charge is -2.32. The van der Waals surface area contributed by atoms with E-state index in [0.29, 0.717) is 13.1 Å². The number of carbonyl (C=O) groups is 1. The number of piperidine rings is 1. The Morgan fingerprint density at radius 1 is 1.17 bits per heavy atom. The summed E-state index contributed by atoms with van der Waals surface area (Å²) in [5, 5.41) is 6.09. The average molecular weight is 327 g/mol. The molecule has 0 aliphatic carbocycles. The first-order chi connectivity index (χ1) is 11.5. The van der Waals surface area contributed by atoms with Crippen LogP contribution in [0.2, 0.25) is 0 Å². The molecule has 1 fully saturated rings. The number of benzene rings is 1. The first-order valence-electron chi connectivity index (χ1n) is 8.12. The van der Waals surface area contributed by atoms with E-state index in [9.17, 15) is 9.59 Å². The predicted octanol–water partition coefficient (Wildman–Crippen LogP) is 2.07. The zero-order valence-corrected chi connectivity index (χ0v) is 13.9. The summed E-state index contributed by atoms with van der Waals surface area (Å²) in [4.78, 5) is 25.1. The summed E-state index contributed by atoms with van der Waals surface area (Å²) in [6, 6.07) is 8.88. The number of ether oxygens (including phenoxy) is 1. The highest BCUT2D eigenvalue weighted by atomic mass is 16.5. The van der Waals surface area contributed by atoms with Gasteiger partial charge in [0.2, 0.25) is 0 Å². The molecule has 6 nitrogen and oxygen atoms in total. The van der Waals surface area contributed by atoms with Crippen LogP contribution in [-0.4, -0.2) is 40.2 Å². The van der Waals surface area contributed by atoms with Gasteiger partial charge in [0, 0.05) is 32.0 Å². The molecule has 0 bridgehead atoms. The van der Waals surface area contributed by atoms with Gasteiger partial charge < -0.3 is 9.64 Å². The van der Waals surface area contributed by atoms with Gasteiger partial charge in [-0.2, -0.15) is 5.10 Å². The largest absolute Gasteiger partial charge is 0.490 e. The van der Waals surface area contributed by atoms with Crippen LogP contribution in [0.5, 0.6) is 5.75 Å². The van der Waals surface area contributed by atoms with Crippen LogP contribution in [-0.2, 0) is 0 Å². The molecule has 3 rings (SSSR count). The van der Waals surface area contributed by atoms with Crippen molar-refractivity contribution in [3.05, 3.63) is 57.5 Å². The molecule has 126 valence electrons. The second-order valence-corrected chi connectivity index (χ2v) is 6.16. The summed E-state index contributed by atoms with van der Waals surface area (Å²) in [6.45, 7) is 5.39. The zero-order valence-electron chi connectivity index (χ0n) is 13.9. The second-order valence-electron chi connectivity index (χ2n) is 6.16. The smallest absolute Gasteiger partial charge is 0.274 e. The number of rotatable bonds is 3. The maximum Gasteiger partial charge on any atom is 0.274 e. The summed E-state index contributed by atoms with van der Waals surface area (Å²) in [6.07, 6.45) is 1.67. The Kier molecular flexibility index (Phi) is 4.64. The number of nitrogens with one attached hydrogen (secondary N) is 1. The Balaban J connectivity index is 1.57. The number of aromatic amines is 1. The maximum atomic E-state index is 12.4. The molecule has 0 spiro atoms. The first kappa shape index (κ1) is 16.2. The van der Waals surface area contributed by atoms with Crippen molar-refractivity contribution in [2.45, 2.75) is 32.8 Å². The molecule has 1 aliphatic heterocycles. The summed E-state index contributed by atoms with van der Waals surface area (Å²) < 4.78 is 6.04. The molecule has 1 aromatic heterocycles. The average Bonchev–Trinajstić information content (AvgIpc) is 2.59. The molecule has 1 N–H and O–H groups in total. The van der Waals surface area contributed by atoms with Gasteiger partial charge in [0.15, 0.2) is 0 Å². The standard InChI is InChI=1S/C18H21N3O3/c1-12-3-4-15(11-13(12)2)24-14-7-9-21(10-8-14)18(23)16-5-6-17(22)20-19-16/h3-6,11,14H,7-10H2,1-2H3,(H,20,22). The number of H-pyrrole nitrogens is 1. The summed E-state index contributed by atoms with van der Waals surface area (Å²) in [7, 11) is 0. The molecule has 0 saturated carbocycles.